The van der Waals surface area contributed by atoms with E-state index >= 15 is 0 Å². The van der Waals surface area contributed by atoms with E-state index in [1.807, 2.05) is 43.4 Å². The number of fused-ring (bicyclic) bond motifs is 1. The molecule has 3 heterocycles. The SMILES string of the molecule is CNc1cc2c(cn1)c(-c1cnn(C)c1)nn2[C@H]1CC[C@@H](Oc2ccccc2C)CC1. The zero-order valence-electron chi connectivity index (χ0n) is 18.2. The standard InChI is InChI=1S/C24H28N6O/c1-16-6-4-5-7-22(16)31-19-10-8-18(9-11-19)30-21-12-23(25-2)26-14-20(21)24(28-30)17-13-27-29(3)15-17/h4-7,12-15,18-19H,8-11H2,1-3H3,(H,25,26)/t18-,19+. The Balaban J connectivity index is 1.42. The largest absolute Gasteiger partial charge is 0.490 e. The van der Waals surface area contributed by atoms with Crippen molar-refractivity contribution >= 4 is 16.7 Å². The van der Waals surface area contributed by atoms with Gasteiger partial charge in [0.05, 0.1) is 23.9 Å². The van der Waals surface area contributed by atoms with Gasteiger partial charge in [-0.2, -0.15) is 10.2 Å². The predicted octanol–water partition coefficient (Wildman–Crippen LogP) is 4.74. The van der Waals surface area contributed by atoms with Crippen LogP contribution in [0.4, 0.5) is 5.82 Å². The molecule has 5 rings (SSSR count). The summed E-state index contributed by atoms with van der Waals surface area (Å²) in [7, 11) is 3.82. The number of hydrogen-bond acceptors (Lipinski definition) is 5. The number of nitrogens with zero attached hydrogens (tertiary/aromatic N) is 5. The molecule has 7 nitrogen and oxygen atoms in total. The molecule has 1 N–H and O–H groups in total. The Kier molecular flexibility index (Phi) is 5.10. The van der Waals surface area contributed by atoms with E-state index in [-0.39, 0.29) is 6.10 Å². The van der Waals surface area contributed by atoms with Gasteiger partial charge in [-0.3, -0.25) is 9.36 Å². The Labute approximate surface area is 182 Å². The molecule has 0 aliphatic heterocycles. The third-order valence-corrected chi connectivity index (χ3v) is 6.20. The maximum Gasteiger partial charge on any atom is 0.127 e. The molecule has 1 aliphatic carbocycles. The number of aromatic nitrogens is 5. The van der Waals surface area contributed by atoms with Crippen molar-refractivity contribution in [3.05, 3.63) is 54.5 Å². The van der Waals surface area contributed by atoms with Crippen LogP contribution in [-0.2, 0) is 7.05 Å². The van der Waals surface area contributed by atoms with E-state index in [4.69, 9.17) is 9.84 Å². The maximum atomic E-state index is 6.31. The highest BCUT2D eigenvalue weighted by Gasteiger charge is 2.27. The molecule has 0 amide bonds. The number of pyridine rings is 1. The fourth-order valence-corrected chi connectivity index (χ4v) is 4.48. The number of nitrogens with one attached hydrogen (secondary N) is 1. The highest BCUT2D eigenvalue weighted by atomic mass is 16.5. The van der Waals surface area contributed by atoms with Crippen LogP contribution in [0.5, 0.6) is 5.75 Å². The van der Waals surface area contributed by atoms with Crippen LogP contribution in [-0.4, -0.2) is 37.7 Å². The molecule has 0 spiro atoms. The summed E-state index contributed by atoms with van der Waals surface area (Å²) in [6.45, 7) is 2.10. The Morgan fingerprint density at radius 1 is 1.10 bits per heavy atom. The number of aryl methyl sites for hydroxylation is 2. The fourth-order valence-electron chi connectivity index (χ4n) is 4.48. The first-order chi connectivity index (χ1) is 15.1. The second-order valence-electron chi connectivity index (χ2n) is 8.35. The van der Waals surface area contributed by atoms with Crippen LogP contribution in [0.25, 0.3) is 22.2 Å². The summed E-state index contributed by atoms with van der Waals surface area (Å²) in [4.78, 5) is 4.53. The first-order valence-corrected chi connectivity index (χ1v) is 10.9. The lowest BCUT2D eigenvalue weighted by atomic mass is 9.93. The lowest BCUT2D eigenvalue weighted by molar-refractivity contribution is 0.130. The van der Waals surface area contributed by atoms with E-state index in [9.17, 15) is 0 Å². The monoisotopic (exact) mass is 416 g/mol. The molecular formula is C24H28N6O. The van der Waals surface area contributed by atoms with Crippen LogP contribution in [0.1, 0.15) is 37.3 Å². The zero-order valence-corrected chi connectivity index (χ0v) is 18.2. The maximum absolute atomic E-state index is 6.31. The van der Waals surface area contributed by atoms with Gasteiger partial charge < -0.3 is 10.1 Å². The fraction of sp³-hybridized carbons (Fsp3) is 0.375. The topological polar surface area (TPSA) is 69.8 Å². The molecule has 1 fully saturated rings. The minimum Gasteiger partial charge on any atom is -0.490 e. The average Bonchev–Trinajstić information content (AvgIpc) is 3.39. The molecule has 1 aromatic carbocycles. The van der Waals surface area contributed by atoms with Gasteiger partial charge in [-0.05, 0) is 44.2 Å². The molecule has 0 saturated heterocycles. The van der Waals surface area contributed by atoms with Gasteiger partial charge in [0.1, 0.15) is 17.3 Å². The molecule has 0 bridgehead atoms. The second kappa shape index (κ2) is 8.06. The zero-order chi connectivity index (χ0) is 21.4. The van der Waals surface area contributed by atoms with Gasteiger partial charge in [-0.25, -0.2) is 4.98 Å². The normalized spacial score (nSPS) is 18.9. The highest BCUT2D eigenvalue weighted by molar-refractivity contribution is 5.93. The molecule has 1 aliphatic rings. The lowest BCUT2D eigenvalue weighted by Crippen LogP contribution is -2.26. The van der Waals surface area contributed by atoms with Crippen molar-refractivity contribution in [3.63, 3.8) is 0 Å². The first-order valence-electron chi connectivity index (χ1n) is 10.9. The van der Waals surface area contributed by atoms with Crippen molar-refractivity contribution in [2.75, 3.05) is 12.4 Å². The smallest absolute Gasteiger partial charge is 0.127 e. The number of hydrogen-bond donors (Lipinski definition) is 1. The Hall–Kier alpha value is -3.35. The molecule has 0 radical (unpaired) electrons. The molecule has 31 heavy (non-hydrogen) atoms. The summed E-state index contributed by atoms with van der Waals surface area (Å²) >= 11 is 0. The van der Waals surface area contributed by atoms with Gasteiger partial charge in [0.15, 0.2) is 0 Å². The second-order valence-corrected chi connectivity index (χ2v) is 8.35. The van der Waals surface area contributed by atoms with Crippen LogP contribution in [0.2, 0.25) is 0 Å². The predicted molar refractivity (Wildman–Crippen MR) is 122 cm³/mol. The summed E-state index contributed by atoms with van der Waals surface area (Å²) in [5, 5.41) is 13.6. The summed E-state index contributed by atoms with van der Waals surface area (Å²) in [5.41, 5.74) is 4.26. The van der Waals surface area contributed by atoms with Crippen LogP contribution in [0.15, 0.2) is 48.9 Å². The number of para-hydroxylation sites is 1. The van der Waals surface area contributed by atoms with E-state index in [2.05, 4.69) is 51.3 Å². The molecule has 4 aromatic rings. The van der Waals surface area contributed by atoms with Crippen LogP contribution < -0.4 is 10.1 Å². The molecule has 3 aromatic heterocycles. The minimum absolute atomic E-state index is 0.256. The van der Waals surface area contributed by atoms with E-state index in [1.54, 1.807) is 0 Å². The average molecular weight is 417 g/mol. The van der Waals surface area contributed by atoms with Crippen molar-refractivity contribution in [1.82, 2.24) is 24.5 Å². The third-order valence-electron chi connectivity index (χ3n) is 6.20. The summed E-state index contributed by atoms with van der Waals surface area (Å²) in [6.07, 6.45) is 10.2. The number of benzene rings is 1. The van der Waals surface area contributed by atoms with E-state index in [1.165, 1.54) is 5.56 Å². The molecule has 7 heteroatoms. The van der Waals surface area contributed by atoms with Gasteiger partial charge in [0.2, 0.25) is 0 Å². The summed E-state index contributed by atoms with van der Waals surface area (Å²) in [5.74, 6) is 1.85. The van der Waals surface area contributed by atoms with Gasteiger partial charge in [-0.1, -0.05) is 18.2 Å². The molecule has 1 saturated carbocycles. The van der Waals surface area contributed by atoms with Gasteiger partial charge >= 0.3 is 0 Å². The van der Waals surface area contributed by atoms with Gasteiger partial charge in [0.25, 0.3) is 0 Å². The number of rotatable bonds is 5. The van der Waals surface area contributed by atoms with Crippen LogP contribution in [0, 0.1) is 6.92 Å². The quantitative estimate of drug-likeness (QED) is 0.509. The molecular weight excluding hydrogens is 388 g/mol. The Bertz CT molecular complexity index is 1200. The van der Waals surface area contributed by atoms with Crippen molar-refractivity contribution in [2.45, 2.75) is 44.8 Å². The number of anilines is 1. The minimum atomic E-state index is 0.256. The Morgan fingerprint density at radius 2 is 1.90 bits per heavy atom. The van der Waals surface area contributed by atoms with Gasteiger partial charge in [0, 0.05) is 43.5 Å². The summed E-state index contributed by atoms with van der Waals surface area (Å²) < 4.78 is 10.3. The van der Waals surface area contributed by atoms with Crippen molar-refractivity contribution < 1.29 is 4.74 Å². The van der Waals surface area contributed by atoms with Crippen molar-refractivity contribution in [2.24, 2.45) is 7.05 Å². The van der Waals surface area contributed by atoms with E-state index in [0.717, 1.165) is 59.4 Å². The molecule has 0 unspecified atom stereocenters. The van der Waals surface area contributed by atoms with Crippen LogP contribution >= 0.6 is 0 Å². The molecule has 160 valence electrons. The van der Waals surface area contributed by atoms with E-state index < -0.39 is 0 Å². The first kappa shape index (κ1) is 19.6. The van der Waals surface area contributed by atoms with Gasteiger partial charge in [-0.15, -0.1) is 0 Å². The Morgan fingerprint density at radius 3 is 2.61 bits per heavy atom. The summed E-state index contributed by atoms with van der Waals surface area (Å²) in [6, 6.07) is 10.7. The third kappa shape index (κ3) is 3.76. The van der Waals surface area contributed by atoms with E-state index in [0.29, 0.717) is 6.04 Å². The molecule has 0 atom stereocenters. The lowest BCUT2D eigenvalue weighted by Gasteiger charge is -2.30. The highest BCUT2D eigenvalue weighted by Crippen LogP contribution is 2.36. The van der Waals surface area contributed by atoms with Crippen molar-refractivity contribution in [1.29, 1.82) is 0 Å². The van der Waals surface area contributed by atoms with Crippen LogP contribution in [0.3, 0.4) is 0 Å². The number of ether oxygens (including phenoxy) is 1. The van der Waals surface area contributed by atoms with Crippen molar-refractivity contribution in [3.8, 4) is 17.0 Å².